The van der Waals surface area contributed by atoms with Crippen LogP contribution in [0.15, 0.2) is 35.2 Å². The number of hydrogen-bond donors (Lipinski definition) is 0. The lowest BCUT2D eigenvalue weighted by molar-refractivity contribution is -0.0315. The second kappa shape index (κ2) is 6.86. The summed E-state index contributed by atoms with van der Waals surface area (Å²) < 4.78 is 44.5. The van der Waals surface area contributed by atoms with Gasteiger partial charge in [0.1, 0.15) is 0 Å². The second-order valence-electron chi connectivity index (χ2n) is 5.96. The Morgan fingerprint density at radius 1 is 1.30 bits per heavy atom. The monoisotopic (exact) mass is 341 g/mol. The van der Waals surface area contributed by atoms with Crippen LogP contribution >= 0.6 is 0 Å². The van der Waals surface area contributed by atoms with Gasteiger partial charge < -0.3 is 14.2 Å². The zero-order valence-electron chi connectivity index (χ0n) is 13.3. The van der Waals surface area contributed by atoms with Crippen LogP contribution in [0.1, 0.15) is 13.3 Å². The van der Waals surface area contributed by atoms with E-state index in [0.29, 0.717) is 50.9 Å². The molecule has 2 atom stereocenters. The molecule has 0 aliphatic carbocycles. The van der Waals surface area contributed by atoms with Crippen molar-refractivity contribution in [1.82, 2.24) is 4.31 Å². The third-order valence-electron chi connectivity index (χ3n) is 4.37. The smallest absolute Gasteiger partial charge is 0.243 e. The van der Waals surface area contributed by atoms with Gasteiger partial charge in [0.15, 0.2) is 0 Å². The molecule has 0 aromatic heterocycles. The first kappa shape index (κ1) is 16.9. The van der Waals surface area contributed by atoms with Crippen molar-refractivity contribution in [3.05, 3.63) is 30.3 Å². The van der Waals surface area contributed by atoms with E-state index in [4.69, 9.17) is 14.2 Å². The Bertz CT molecular complexity index is 621. The molecule has 2 heterocycles. The van der Waals surface area contributed by atoms with Crippen molar-refractivity contribution in [2.75, 3.05) is 39.6 Å². The number of rotatable bonds is 5. The summed E-state index contributed by atoms with van der Waals surface area (Å²) in [6.07, 6.45) is 0.504. The highest BCUT2D eigenvalue weighted by molar-refractivity contribution is 7.89. The van der Waals surface area contributed by atoms with Crippen molar-refractivity contribution >= 4 is 10.0 Å². The molecule has 3 rings (SSSR count). The molecule has 128 valence electrons. The van der Waals surface area contributed by atoms with Gasteiger partial charge in [-0.05, 0) is 25.5 Å². The van der Waals surface area contributed by atoms with Crippen molar-refractivity contribution in [3.63, 3.8) is 0 Å². The normalized spacial score (nSPS) is 29.2. The van der Waals surface area contributed by atoms with Crippen LogP contribution in [-0.2, 0) is 24.2 Å². The van der Waals surface area contributed by atoms with E-state index in [1.54, 1.807) is 28.6 Å². The summed E-state index contributed by atoms with van der Waals surface area (Å²) in [4.78, 5) is 0.314. The van der Waals surface area contributed by atoms with Gasteiger partial charge in [0, 0.05) is 13.2 Å². The lowest BCUT2D eigenvalue weighted by Crippen LogP contribution is -2.59. The van der Waals surface area contributed by atoms with Gasteiger partial charge in [-0.3, -0.25) is 0 Å². The van der Waals surface area contributed by atoms with Crippen LogP contribution in [0.3, 0.4) is 0 Å². The molecule has 1 aromatic carbocycles. The maximum Gasteiger partial charge on any atom is 0.243 e. The summed E-state index contributed by atoms with van der Waals surface area (Å²) in [7, 11) is -3.57. The van der Waals surface area contributed by atoms with Gasteiger partial charge in [-0.1, -0.05) is 18.2 Å². The maximum absolute atomic E-state index is 13.1. The van der Waals surface area contributed by atoms with E-state index in [0.717, 1.165) is 0 Å². The van der Waals surface area contributed by atoms with Crippen LogP contribution in [0.2, 0.25) is 0 Å². The summed E-state index contributed by atoms with van der Waals surface area (Å²) >= 11 is 0. The number of ether oxygens (including phenoxy) is 3. The molecule has 1 spiro atoms. The largest absolute Gasteiger partial charge is 0.379 e. The number of morpholine rings is 1. The summed E-state index contributed by atoms with van der Waals surface area (Å²) in [6, 6.07) is 8.55. The van der Waals surface area contributed by atoms with Crippen LogP contribution in [0.4, 0.5) is 0 Å². The predicted molar refractivity (Wildman–Crippen MR) is 84.7 cm³/mol. The van der Waals surface area contributed by atoms with Crippen molar-refractivity contribution in [3.8, 4) is 0 Å². The molecule has 2 aliphatic heterocycles. The maximum atomic E-state index is 13.1. The molecular formula is C16H23NO5S. The van der Waals surface area contributed by atoms with E-state index >= 15 is 0 Å². The number of benzene rings is 1. The van der Waals surface area contributed by atoms with E-state index in [9.17, 15) is 8.42 Å². The van der Waals surface area contributed by atoms with E-state index in [-0.39, 0.29) is 6.10 Å². The minimum atomic E-state index is -3.57. The molecule has 1 aromatic rings. The zero-order valence-corrected chi connectivity index (χ0v) is 14.1. The highest BCUT2D eigenvalue weighted by Crippen LogP contribution is 2.36. The first-order chi connectivity index (χ1) is 11.1. The SMILES string of the molecule is CCOC[C@H]1C[C@]2(COCCN2S(=O)(=O)c2ccccc2)CO1. The Balaban J connectivity index is 1.85. The standard InChI is InChI=1S/C16H23NO5S/c1-2-20-11-14-10-16(13-22-14)12-21-9-8-17(16)23(18,19)15-6-4-3-5-7-15/h3-7,14H,2,8-13H2,1H3/t14-,16+/m1/s1. The number of sulfonamides is 1. The molecule has 0 bridgehead atoms. The van der Waals surface area contributed by atoms with Crippen LogP contribution in [0, 0.1) is 0 Å². The Kier molecular flexibility index (Phi) is 5.03. The predicted octanol–water partition coefficient (Wildman–Crippen LogP) is 1.27. The van der Waals surface area contributed by atoms with Crippen molar-refractivity contribution < 1.29 is 22.6 Å². The van der Waals surface area contributed by atoms with Gasteiger partial charge >= 0.3 is 0 Å². The number of nitrogens with zero attached hydrogens (tertiary/aromatic N) is 1. The highest BCUT2D eigenvalue weighted by atomic mass is 32.2. The third-order valence-corrected chi connectivity index (χ3v) is 6.39. The van der Waals surface area contributed by atoms with Crippen molar-refractivity contribution in [2.45, 2.75) is 29.9 Å². The fraction of sp³-hybridized carbons (Fsp3) is 0.625. The zero-order chi connectivity index (χ0) is 16.3. The van der Waals surface area contributed by atoms with E-state index in [1.807, 2.05) is 13.0 Å². The summed E-state index contributed by atoms with van der Waals surface area (Å²) in [5.74, 6) is 0. The average Bonchev–Trinajstić information content (AvgIpc) is 2.97. The van der Waals surface area contributed by atoms with Crippen LogP contribution in [0.5, 0.6) is 0 Å². The second-order valence-corrected chi connectivity index (χ2v) is 7.83. The van der Waals surface area contributed by atoms with E-state index in [1.165, 1.54) is 0 Å². The molecule has 0 N–H and O–H groups in total. The van der Waals surface area contributed by atoms with E-state index in [2.05, 4.69) is 0 Å². The Morgan fingerprint density at radius 3 is 2.83 bits per heavy atom. The molecule has 23 heavy (non-hydrogen) atoms. The topological polar surface area (TPSA) is 65.1 Å². The Hall–Kier alpha value is -0.990. The lowest BCUT2D eigenvalue weighted by Gasteiger charge is -2.42. The molecule has 0 radical (unpaired) electrons. The van der Waals surface area contributed by atoms with Crippen LogP contribution < -0.4 is 0 Å². The first-order valence-electron chi connectivity index (χ1n) is 7.93. The molecular weight excluding hydrogens is 318 g/mol. The van der Waals surface area contributed by atoms with Gasteiger partial charge in [-0.25, -0.2) is 8.42 Å². The quantitative estimate of drug-likeness (QED) is 0.807. The van der Waals surface area contributed by atoms with Crippen molar-refractivity contribution in [1.29, 1.82) is 0 Å². The molecule has 2 aliphatic rings. The number of hydrogen-bond acceptors (Lipinski definition) is 5. The van der Waals surface area contributed by atoms with Gasteiger partial charge in [0.05, 0.1) is 43.0 Å². The molecule has 2 saturated heterocycles. The van der Waals surface area contributed by atoms with Crippen LogP contribution in [0.25, 0.3) is 0 Å². The Morgan fingerprint density at radius 2 is 2.09 bits per heavy atom. The molecule has 2 fully saturated rings. The van der Waals surface area contributed by atoms with Gasteiger partial charge in [-0.2, -0.15) is 4.31 Å². The van der Waals surface area contributed by atoms with Crippen molar-refractivity contribution in [2.24, 2.45) is 0 Å². The highest BCUT2D eigenvalue weighted by Gasteiger charge is 2.51. The fourth-order valence-corrected chi connectivity index (χ4v) is 5.02. The third kappa shape index (κ3) is 3.29. The van der Waals surface area contributed by atoms with Crippen LogP contribution in [-0.4, -0.2) is 63.9 Å². The minimum Gasteiger partial charge on any atom is -0.379 e. The molecule has 0 amide bonds. The summed E-state index contributed by atoms with van der Waals surface area (Å²) in [5, 5.41) is 0. The fourth-order valence-electron chi connectivity index (χ4n) is 3.26. The lowest BCUT2D eigenvalue weighted by atomic mass is 9.96. The summed E-state index contributed by atoms with van der Waals surface area (Å²) in [6.45, 7) is 4.50. The van der Waals surface area contributed by atoms with E-state index < -0.39 is 15.6 Å². The molecule has 0 saturated carbocycles. The Labute approximate surface area is 137 Å². The molecule has 0 unspecified atom stereocenters. The first-order valence-corrected chi connectivity index (χ1v) is 9.37. The minimum absolute atomic E-state index is 0.0925. The van der Waals surface area contributed by atoms with Gasteiger partial charge in [-0.15, -0.1) is 0 Å². The average molecular weight is 341 g/mol. The summed E-state index contributed by atoms with van der Waals surface area (Å²) in [5.41, 5.74) is -0.630. The molecule has 6 nitrogen and oxygen atoms in total. The van der Waals surface area contributed by atoms with Gasteiger partial charge in [0.2, 0.25) is 10.0 Å². The van der Waals surface area contributed by atoms with Gasteiger partial charge in [0.25, 0.3) is 0 Å². The molecule has 7 heteroatoms.